The van der Waals surface area contributed by atoms with E-state index in [4.69, 9.17) is 0 Å². The van der Waals surface area contributed by atoms with E-state index in [9.17, 15) is 17.3 Å². The molecule has 0 heterocycles. The molecule has 1 aromatic carbocycles. The molecule has 1 rings (SSSR count). The Labute approximate surface area is 123 Å². The topological polar surface area (TPSA) is 0 Å². The summed E-state index contributed by atoms with van der Waals surface area (Å²) >= 11 is 0. The van der Waals surface area contributed by atoms with E-state index in [0.29, 0.717) is 0 Å². The van der Waals surface area contributed by atoms with Crippen LogP contribution < -0.4 is 51.4 Å². The van der Waals surface area contributed by atoms with Crippen molar-refractivity contribution in [3.8, 4) is 0 Å². The van der Waals surface area contributed by atoms with Gasteiger partial charge in [0.2, 0.25) is 0 Å². The molecule has 0 N–H and O–H groups in total. The number of hydrogen-bond donors (Lipinski definition) is 0. The summed E-state index contributed by atoms with van der Waals surface area (Å²) in [6, 6.07) is 3.75. The van der Waals surface area contributed by atoms with Crippen molar-refractivity contribution in [1.82, 2.24) is 0 Å². The summed E-state index contributed by atoms with van der Waals surface area (Å²) in [6.07, 6.45) is -1.01. The largest absolute Gasteiger partial charge is 1.00 e. The van der Waals surface area contributed by atoms with Crippen molar-refractivity contribution < 1.29 is 68.7 Å². The van der Waals surface area contributed by atoms with Crippen LogP contribution in [0.4, 0.5) is 17.3 Å². The van der Waals surface area contributed by atoms with Crippen LogP contribution in [0.2, 0.25) is 0 Å². The Kier molecular flexibility index (Phi) is 5.91. The molecule has 0 aromatic heterocycles. The summed E-state index contributed by atoms with van der Waals surface area (Å²) in [5.74, 6) is -0.586. The number of hydrogen-bond acceptors (Lipinski definition) is 0. The second kappa shape index (κ2) is 5.65. The van der Waals surface area contributed by atoms with Crippen molar-refractivity contribution in [2.75, 3.05) is 0 Å². The molecule has 0 saturated heterocycles. The fraction of sp³-hybridized carbons (Fsp3) is 0.250. The molecule has 0 fully saturated rings. The van der Waals surface area contributed by atoms with Gasteiger partial charge in [-0.25, -0.2) is 4.39 Å². The molecule has 0 aliphatic carbocycles. The monoisotopic (exact) mass is 230 g/mol. The first kappa shape index (κ1) is 14.6. The summed E-state index contributed by atoms with van der Waals surface area (Å²) in [5, 5.41) is 0. The molecule has 14 heavy (non-hydrogen) atoms. The van der Waals surface area contributed by atoms with Gasteiger partial charge >= 0.3 is 58.4 Å². The molecule has 6 heteroatoms. The molecule has 1 aromatic rings. The zero-order valence-electron chi connectivity index (χ0n) is 8.03. The summed E-state index contributed by atoms with van der Waals surface area (Å²) in [7, 11) is 0. The third-order valence-electron chi connectivity index (χ3n) is 1.83. The Morgan fingerprint density at radius 1 is 1.21 bits per heavy atom. The van der Waals surface area contributed by atoms with Crippen molar-refractivity contribution in [2.24, 2.45) is 0 Å². The van der Waals surface area contributed by atoms with Gasteiger partial charge in [-0.05, 0) is 18.6 Å². The predicted octanol–water partition coefficient (Wildman–Crippen LogP) is 0.0672. The van der Waals surface area contributed by atoms with Crippen LogP contribution in [0, 0.1) is 12.7 Å². The van der Waals surface area contributed by atoms with Gasteiger partial charge in [0.15, 0.2) is 0 Å². The van der Waals surface area contributed by atoms with Crippen molar-refractivity contribution >= 4 is 6.98 Å². The molecule has 0 amide bonds. The molecule has 0 nitrogen and oxygen atoms in total. The van der Waals surface area contributed by atoms with Crippen LogP contribution in [0.3, 0.4) is 0 Å². The van der Waals surface area contributed by atoms with Crippen LogP contribution >= 0.6 is 0 Å². The van der Waals surface area contributed by atoms with Gasteiger partial charge in [-0.1, -0.05) is 24.0 Å². The van der Waals surface area contributed by atoms with E-state index < -0.39 is 19.1 Å². The molecule has 72 valence electrons. The first-order chi connectivity index (χ1) is 5.90. The first-order valence-electron chi connectivity index (χ1n) is 3.85. The van der Waals surface area contributed by atoms with Gasteiger partial charge in [-0.3, -0.25) is 0 Å². The molecule has 0 atom stereocenters. The average Bonchev–Trinajstić information content (AvgIpc) is 1.96. The van der Waals surface area contributed by atoms with Crippen LogP contribution in [0.25, 0.3) is 0 Å². The molecule has 0 saturated carbocycles. The minimum absolute atomic E-state index is 0. The molecule has 0 aliphatic rings. The molecule has 0 unspecified atom stereocenters. The van der Waals surface area contributed by atoms with Crippen LogP contribution in [0.5, 0.6) is 0 Å². The molecular weight excluding hydrogens is 222 g/mol. The van der Waals surface area contributed by atoms with Gasteiger partial charge in [0.25, 0.3) is 0 Å². The standard InChI is InChI=1S/C8H8BF4.K/c1-6-7(5-9(11,12)13)3-2-4-8(6)10;/h2-4H,5H2,1H3;/q-1;+1. The maximum absolute atomic E-state index is 12.8. The van der Waals surface area contributed by atoms with E-state index in [2.05, 4.69) is 0 Å². The molecule has 0 aliphatic heterocycles. The van der Waals surface area contributed by atoms with Gasteiger partial charge in [-0.15, -0.1) is 0 Å². The Hall–Kier alpha value is 0.641. The van der Waals surface area contributed by atoms with Gasteiger partial charge in [0.05, 0.1) is 0 Å². The summed E-state index contributed by atoms with van der Waals surface area (Å²) in [4.78, 5) is 0. The van der Waals surface area contributed by atoms with Crippen LogP contribution in [0.1, 0.15) is 11.1 Å². The third kappa shape index (κ3) is 4.44. The molecule has 0 spiro atoms. The maximum atomic E-state index is 12.8. The molecule has 0 bridgehead atoms. The van der Waals surface area contributed by atoms with Gasteiger partial charge in [-0.2, -0.15) is 0 Å². The summed E-state index contributed by atoms with van der Waals surface area (Å²) < 4.78 is 48.8. The van der Waals surface area contributed by atoms with E-state index in [1.807, 2.05) is 0 Å². The minimum Gasteiger partial charge on any atom is -0.449 e. The predicted molar refractivity (Wildman–Crippen MR) is 43.9 cm³/mol. The second-order valence-corrected chi connectivity index (χ2v) is 2.94. The molecular formula is C8H8BF4K. The second-order valence-electron chi connectivity index (χ2n) is 2.94. The van der Waals surface area contributed by atoms with Crippen molar-refractivity contribution in [3.05, 3.63) is 35.1 Å². The zero-order valence-corrected chi connectivity index (χ0v) is 11.2. The average molecular weight is 230 g/mol. The smallest absolute Gasteiger partial charge is 0.449 e. The fourth-order valence-electron chi connectivity index (χ4n) is 1.12. The van der Waals surface area contributed by atoms with E-state index in [1.54, 1.807) is 0 Å². The van der Waals surface area contributed by atoms with Crippen molar-refractivity contribution in [3.63, 3.8) is 0 Å². The Bertz CT molecular complexity index is 311. The van der Waals surface area contributed by atoms with Gasteiger partial charge in [0.1, 0.15) is 5.82 Å². The number of benzene rings is 1. The Morgan fingerprint density at radius 3 is 2.29 bits per heavy atom. The Morgan fingerprint density at radius 2 is 1.79 bits per heavy atom. The SMILES string of the molecule is Cc1c(F)cccc1C[B-](F)(F)F.[K+]. The Balaban J connectivity index is 0.00000169. The normalized spacial score (nSPS) is 10.9. The van der Waals surface area contributed by atoms with Gasteiger partial charge in [0, 0.05) is 0 Å². The van der Waals surface area contributed by atoms with Crippen LogP contribution in [0.15, 0.2) is 18.2 Å². The van der Waals surface area contributed by atoms with E-state index in [1.165, 1.54) is 19.1 Å². The fourth-order valence-corrected chi connectivity index (χ4v) is 1.12. The van der Waals surface area contributed by atoms with Crippen LogP contribution in [-0.2, 0) is 6.32 Å². The summed E-state index contributed by atoms with van der Waals surface area (Å²) in [5.41, 5.74) is 0.106. The van der Waals surface area contributed by atoms with Crippen molar-refractivity contribution in [2.45, 2.75) is 13.2 Å². The first-order valence-corrected chi connectivity index (χ1v) is 3.85. The van der Waals surface area contributed by atoms with E-state index >= 15 is 0 Å². The quantitative estimate of drug-likeness (QED) is 0.498. The van der Waals surface area contributed by atoms with Crippen molar-refractivity contribution in [1.29, 1.82) is 0 Å². The minimum atomic E-state index is -4.88. The maximum Gasteiger partial charge on any atom is 1.00 e. The van der Waals surface area contributed by atoms with E-state index in [0.717, 1.165) is 6.07 Å². The zero-order chi connectivity index (χ0) is 10.1. The summed E-state index contributed by atoms with van der Waals surface area (Å²) in [6.45, 7) is -3.53. The number of halogens is 4. The van der Waals surface area contributed by atoms with Crippen LogP contribution in [-0.4, -0.2) is 6.98 Å². The van der Waals surface area contributed by atoms with E-state index in [-0.39, 0.29) is 62.5 Å². The number of rotatable bonds is 2. The molecule has 0 radical (unpaired) electrons. The third-order valence-corrected chi connectivity index (χ3v) is 1.83. The van der Waals surface area contributed by atoms with Gasteiger partial charge < -0.3 is 12.9 Å².